The molecule has 29 heavy (non-hydrogen) atoms. The van der Waals surface area contributed by atoms with E-state index < -0.39 is 9.84 Å². The Kier molecular flexibility index (Phi) is 5.38. The smallest absolute Gasteiger partial charge is 0.175 e. The third-order valence-corrected chi connectivity index (χ3v) is 6.65. The van der Waals surface area contributed by atoms with Crippen molar-refractivity contribution in [2.24, 2.45) is 0 Å². The maximum Gasteiger partial charge on any atom is 0.175 e. The normalized spacial score (nSPS) is 15.1. The first-order valence-corrected chi connectivity index (χ1v) is 11.7. The van der Waals surface area contributed by atoms with E-state index in [0.29, 0.717) is 4.90 Å². The summed E-state index contributed by atoms with van der Waals surface area (Å²) >= 11 is 6.07. The molecule has 3 aromatic rings. The standard InChI is InChI=1S/C23H23ClN2O2S/c1-25-13-14-26(21-8-6-20(24)7-9-21)23-12-5-18(15-19(23)16-25)17-3-10-22(11-4-17)29(2,27)28/h3-12,15H,13-14,16H2,1-2H3. The summed E-state index contributed by atoms with van der Waals surface area (Å²) in [5.41, 5.74) is 5.63. The quantitative estimate of drug-likeness (QED) is 0.591. The summed E-state index contributed by atoms with van der Waals surface area (Å²) in [6.07, 6.45) is 1.23. The van der Waals surface area contributed by atoms with Crippen molar-refractivity contribution in [1.82, 2.24) is 4.90 Å². The molecule has 0 spiro atoms. The van der Waals surface area contributed by atoms with Crippen molar-refractivity contribution in [3.05, 3.63) is 77.3 Å². The fraction of sp³-hybridized carbons (Fsp3) is 0.217. The fourth-order valence-corrected chi connectivity index (χ4v) is 4.46. The first-order chi connectivity index (χ1) is 13.8. The zero-order valence-corrected chi connectivity index (χ0v) is 18.0. The highest BCUT2D eigenvalue weighted by molar-refractivity contribution is 7.90. The minimum absolute atomic E-state index is 0.338. The van der Waals surface area contributed by atoms with Crippen LogP contribution in [0.1, 0.15) is 5.56 Å². The van der Waals surface area contributed by atoms with Crippen LogP contribution in [0.4, 0.5) is 11.4 Å². The highest BCUT2D eigenvalue weighted by atomic mass is 35.5. The van der Waals surface area contributed by atoms with Crippen molar-refractivity contribution < 1.29 is 8.42 Å². The van der Waals surface area contributed by atoms with Gasteiger partial charge in [-0.3, -0.25) is 0 Å². The molecule has 0 amide bonds. The van der Waals surface area contributed by atoms with Gasteiger partial charge in [0, 0.05) is 42.3 Å². The van der Waals surface area contributed by atoms with Gasteiger partial charge in [-0.1, -0.05) is 29.8 Å². The molecule has 0 atom stereocenters. The summed E-state index contributed by atoms with van der Waals surface area (Å²) in [6.45, 7) is 2.71. The number of likely N-dealkylation sites (N-methyl/N-ethyl adjacent to an activating group) is 1. The fourth-order valence-electron chi connectivity index (χ4n) is 3.70. The molecule has 1 aliphatic heterocycles. The van der Waals surface area contributed by atoms with Gasteiger partial charge in [-0.15, -0.1) is 0 Å². The molecule has 4 nitrogen and oxygen atoms in total. The second kappa shape index (κ2) is 7.82. The lowest BCUT2D eigenvalue weighted by molar-refractivity contribution is 0.343. The lowest BCUT2D eigenvalue weighted by Gasteiger charge is -2.25. The molecule has 3 aromatic carbocycles. The molecule has 0 saturated carbocycles. The molecule has 0 aliphatic carbocycles. The second-order valence-corrected chi connectivity index (χ2v) is 9.96. The predicted octanol–water partition coefficient (Wildman–Crippen LogP) is 4.99. The summed E-state index contributed by atoms with van der Waals surface area (Å²) in [4.78, 5) is 4.97. The van der Waals surface area contributed by atoms with Gasteiger partial charge in [-0.2, -0.15) is 0 Å². The Bertz CT molecular complexity index is 1130. The number of fused-ring (bicyclic) bond motifs is 1. The van der Waals surface area contributed by atoms with Gasteiger partial charge >= 0.3 is 0 Å². The molecule has 0 fully saturated rings. The Balaban J connectivity index is 1.73. The van der Waals surface area contributed by atoms with Gasteiger partial charge in [0.25, 0.3) is 0 Å². The highest BCUT2D eigenvalue weighted by Crippen LogP contribution is 2.35. The van der Waals surface area contributed by atoms with E-state index in [1.807, 2.05) is 24.3 Å². The molecule has 0 saturated heterocycles. The molecule has 4 rings (SSSR count). The average molecular weight is 427 g/mol. The Morgan fingerprint density at radius 1 is 0.862 bits per heavy atom. The molecule has 0 bridgehead atoms. The van der Waals surface area contributed by atoms with Crippen molar-refractivity contribution in [3.63, 3.8) is 0 Å². The maximum absolute atomic E-state index is 11.7. The Hall–Kier alpha value is -2.34. The third kappa shape index (κ3) is 4.32. The van der Waals surface area contributed by atoms with E-state index >= 15 is 0 Å². The lowest BCUT2D eigenvalue weighted by atomic mass is 10.0. The molecule has 0 N–H and O–H groups in total. The topological polar surface area (TPSA) is 40.6 Å². The number of halogens is 1. The van der Waals surface area contributed by atoms with Gasteiger partial charge in [0.1, 0.15) is 0 Å². The van der Waals surface area contributed by atoms with E-state index in [9.17, 15) is 8.42 Å². The van der Waals surface area contributed by atoms with Gasteiger partial charge < -0.3 is 9.80 Å². The highest BCUT2D eigenvalue weighted by Gasteiger charge is 2.20. The van der Waals surface area contributed by atoms with Gasteiger partial charge in [0.05, 0.1) is 4.90 Å². The summed E-state index contributed by atoms with van der Waals surface area (Å²) in [7, 11) is -1.06. The van der Waals surface area contributed by atoms with E-state index in [0.717, 1.165) is 41.5 Å². The lowest BCUT2D eigenvalue weighted by Crippen LogP contribution is -2.26. The van der Waals surface area contributed by atoms with Crippen LogP contribution in [-0.4, -0.2) is 39.7 Å². The Morgan fingerprint density at radius 3 is 2.17 bits per heavy atom. The van der Waals surface area contributed by atoms with Crippen LogP contribution < -0.4 is 4.90 Å². The molecule has 0 radical (unpaired) electrons. The van der Waals surface area contributed by atoms with Crippen LogP contribution in [0.25, 0.3) is 11.1 Å². The van der Waals surface area contributed by atoms with Crippen molar-refractivity contribution in [2.45, 2.75) is 11.4 Å². The Morgan fingerprint density at radius 2 is 1.52 bits per heavy atom. The van der Waals surface area contributed by atoms with Gasteiger partial charge in [0.2, 0.25) is 0 Å². The molecule has 1 aliphatic rings. The minimum Gasteiger partial charge on any atom is -0.340 e. The van der Waals surface area contributed by atoms with Gasteiger partial charge in [0.15, 0.2) is 9.84 Å². The van der Waals surface area contributed by atoms with Crippen molar-refractivity contribution in [2.75, 3.05) is 31.3 Å². The molecule has 0 unspecified atom stereocenters. The minimum atomic E-state index is -3.19. The number of sulfone groups is 1. The molecule has 1 heterocycles. The molecule has 150 valence electrons. The van der Waals surface area contributed by atoms with E-state index in [1.54, 1.807) is 12.1 Å². The summed E-state index contributed by atoms with van der Waals surface area (Å²) in [6, 6.07) is 21.5. The molecular weight excluding hydrogens is 404 g/mol. The first kappa shape index (κ1) is 20.0. The first-order valence-electron chi connectivity index (χ1n) is 9.46. The number of hydrogen-bond donors (Lipinski definition) is 0. The number of nitrogens with zero attached hydrogens (tertiary/aromatic N) is 2. The zero-order chi connectivity index (χ0) is 20.6. The van der Waals surface area contributed by atoms with Crippen molar-refractivity contribution in [3.8, 4) is 11.1 Å². The van der Waals surface area contributed by atoms with Crippen LogP contribution in [0.15, 0.2) is 71.6 Å². The maximum atomic E-state index is 11.7. The van der Waals surface area contributed by atoms with Crippen molar-refractivity contribution in [1.29, 1.82) is 0 Å². The van der Waals surface area contributed by atoms with E-state index in [4.69, 9.17) is 11.6 Å². The monoisotopic (exact) mass is 426 g/mol. The van der Waals surface area contributed by atoms with E-state index in [1.165, 1.54) is 17.5 Å². The largest absolute Gasteiger partial charge is 0.340 e. The second-order valence-electron chi connectivity index (χ2n) is 7.51. The van der Waals surface area contributed by atoms with Crippen LogP contribution in [-0.2, 0) is 16.4 Å². The molecule has 6 heteroatoms. The number of rotatable bonds is 3. The van der Waals surface area contributed by atoms with Crippen LogP contribution in [0.3, 0.4) is 0 Å². The Labute approximate surface area is 177 Å². The van der Waals surface area contributed by atoms with Gasteiger partial charge in [-0.05, 0) is 72.3 Å². The SMILES string of the molecule is CN1CCN(c2ccc(Cl)cc2)c2ccc(-c3ccc(S(C)(=O)=O)cc3)cc2C1. The van der Waals surface area contributed by atoms with Crippen LogP contribution in [0.5, 0.6) is 0 Å². The summed E-state index contributed by atoms with van der Waals surface area (Å²) in [5, 5.41) is 0.730. The van der Waals surface area contributed by atoms with Crippen molar-refractivity contribution >= 4 is 32.8 Å². The van der Waals surface area contributed by atoms with Crippen LogP contribution >= 0.6 is 11.6 Å². The van der Waals surface area contributed by atoms with E-state index in [-0.39, 0.29) is 0 Å². The summed E-state index contributed by atoms with van der Waals surface area (Å²) < 4.78 is 23.4. The predicted molar refractivity (Wildman–Crippen MR) is 120 cm³/mol. The van der Waals surface area contributed by atoms with Crippen LogP contribution in [0.2, 0.25) is 5.02 Å². The number of benzene rings is 3. The summed E-state index contributed by atoms with van der Waals surface area (Å²) in [5.74, 6) is 0. The zero-order valence-electron chi connectivity index (χ0n) is 16.5. The average Bonchev–Trinajstić information content (AvgIpc) is 2.86. The van der Waals surface area contributed by atoms with E-state index in [2.05, 4.69) is 47.2 Å². The van der Waals surface area contributed by atoms with Gasteiger partial charge in [-0.25, -0.2) is 8.42 Å². The molecule has 0 aromatic heterocycles. The number of hydrogen-bond acceptors (Lipinski definition) is 4. The number of anilines is 2. The van der Waals surface area contributed by atoms with Crippen LogP contribution in [0, 0.1) is 0 Å². The third-order valence-electron chi connectivity index (χ3n) is 5.27. The molecular formula is C23H23ClN2O2S.